The van der Waals surface area contributed by atoms with E-state index in [9.17, 15) is 9.59 Å². The molecule has 0 saturated heterocycles. The molecule has 1 aromatic heterocycles. The quantitative estimate of drug-likeness (QED) is 0.356. The molecule has 2 aromatic carbocycles. The first-order valence-electron chi connectivity index (χ1n) is 9.81. The number of fused-ring (bicyclic) bond motifs is 1. The maximum absolute atomic E-state index is 12.6. The van der Waals surface area contributed by atoms with Crippen LogP contribution in [-0.4, -0.2) is 51.3 Å². The first-order chi connectivity index (χ1) is 15.5. The lowest BCUT2D eigenvalue weighted by atomic mass is 10.1. The van der Waals surface area contributed by atoms with Gasteiger partial charge in [0.05, 0.1) is 31.5 Å². The molecule has 168 valence electrons. The van der Waals surface area contributed by atoms with Crippen LogP contribution in [0.2, 0.25) is 0 Å². The Hall–Kier alpha value is -3.59. The molecular weight excluding hydrogens is 432 g/mol. The van der Waals surface area contributed by atoms with Crippen molar-refractivity contribution in [2.75, 3.05) is 39.4 Å². The molecule has 0 radical (unpaired) electrons. The fourth-order valence-corrected chi connectivity index (χ4v) is 4.06. The molecule has 0 aliphatic rings. The molecule has 32 heavy (non-hydrogen) atoms. The summed E-state index contributed by atoms with van der Waals surface area (Å²) in [6.45, 7) is 1.87. The number of methoxy groups -OCH3 is 3. The van der Waals surface area contributed by atoms with Gasteiger partial charge >= 0.3 is 5.97 Å². The van der Waals surface area contributed by atoms with Crippen LogP contribution >= 0.6 is 11.3 Å². The zero-order valence-electron chi connectivity index (χ0n) is 18.3. The van der Waals surface area contributed by atoms with Crippen molar-refractivity contribution < 1.29 is 28.5 Å². The third-order valence-electron chi connectivity index (χ3n) is 4.57. The first-order valence-corrected chi connectivity index (χ1v) is 10.6. The summed E-state index contributed by atoms with van der Waals surface area (Å²) in [7, 11) is 4.53. The van der Waals surface area contributed by atoms with Gasteiger partial charge in [-0.05, 0) is 42.8 Å². The second-order valence-electron chi connectivity index (χ2n) is 6.50. The zero-order chi connectivity index (χ0) is 23.1. The highest BCUT2D eigenvalue weighted by Gasteiger charge is 2.19. The molecule has 0 aliphatic carbocycles. The molecule has 1 amide bonds. The Labute approximate surface area is 190 Å². The predicted molar refractivity (Wildman–Crippen MR) is 124 cm³/mol. The first kappa shape index (κ1) is 23.1. The number of carbonyl (C=O) groups excluding carboxylic acids is 2. The number of aromatic nitrogens is 1. The van der Waals surface area contributed by atoms with Crippen LogP contribution < -0.4 is 19.1 Å². The normalized spacial score (nSPS) is 10.9. The molecule has 0 bridgehead atoms. The van der Waals surface area contributed by atoms with Crippen LogP contribution in [-0.2, 0) is 14.3 Å². The van der Waals surface area contributed by atoms with Crippen molar-refractivity contribution in [3.8, 4) is 17.2 Å². The summed E-state index contributed by atoms with van der Waals surface area (Å²) in [5.74, 6) is 0.386. The number of ether oxygens (including phenoxy) is 4. The van der Waals surface area contributed by atoms with Crippen LogP contribution in [0.25, 0.3) is 16.3 Å². The Kier molecular flexibility index (Phi) is 7.67. The molecule has 0 fully saturated rings. The van der Waals surface area contributed by atoms with Gasteiger partial charge in [-0.2, -0.15) is 0 Å². The highest BCUT2D eigenvalue weighted by Crippen LogP contribution is 2.38. The molecule has 9 heteroatoms. The van der Waals surface area contributed by atoms with Gasteiger partial charge in [0.25, 0.3) is 5.91 Å². The van der Waals surface area contributed by atoms with Crippen molar-refractivity contribution in [2.24, 2.45) is 0 Å². The molecular formula is C23H24N2O6S. The number of anilines is 1. The standard InChI is InChI=1S/C23H24N2O6S/c1-5-25(23-24-16-8-6-7-9-19(16)32-23)20(26)14-31-21(27)11-10-15-12-17(28-2)22(30-4)18(13-15)29-3/h6-13H,5,14H2,1-4H3/b11-10+. The zero-order valence-corrected chi connectivity index (χ0v) is 19.1. The van der Waals surface area contributed by atoms with Crippen molar-refractivity contribution in [2.45, 2.75) is 6.92 Å². The fraction of sp³-hybridized carbons (Fsp3) is 0.261. The van der Waals surface area contributed by atoms with Crippen molar-refractivity contribution in [1.82, 2.24) is 4.98 Å². The van der Waals surface area contributed by atoms with E-state index >= 15 is 0 Å². The summed E-state index contributed by atoms with van der Waals surface area (Å²) in [4.78, 5) is 30.8. The number of amides is 1. The summed E-state index contributed by atoms with van der Waals surface area (Å²) in [5.41, 5.74) is 1.47. The van der Waals surface area contributed by atoms with Gasteiger partial charge in [-0.15, -0.1) is 0 Å². The van der Waals surface area contributed by atoms with E-state index in [0.29, 0.717) is 34.5 Å². The highest BCUT2D eigenvalue weighted by atomic mass is 32.1. The Bertz CT molecular complexity index is 1080. The Morgan fingerprint density at radius 3 is 2.34 bits per heavy atom. The number of likely N-dealkylation sites (N-methyl/N-ethyl adjacent to an activating group) is 1. The van der Waals surface area contributed by atoms with Crippen LogP contribution in [0.3, 0.4) is 0 Å². The molecule has 0 aliphatic heterocycles. The largest absolute Gasteiger partial charge is 0.493 e. The Morgan fingerprint density at radius 1 is 1.06 bits per heavy atom. The van der Waals surface area contributed by atoms with Gasteiger partial charge in [-0.3, -0.25) is 9.69 Å². The summed E-state index contributed by atoms with van der Waals surface area (Å²) in [5, 5.41) is 0.572. The fourth-order valence-electron chi connectivity index (χ4n) is 3.01. The number of esters is 1. The van der Waals surface area contributed by atoms with Gasteiger partial charge in [0.15, 0.2) is 23.2 Å². The number of hydrogen-bond donors (Lipinski definition) is 0. The van der Waals surface area contributed by atoms with E-state index in [2.05, 4.69) is 4.98 Å². The lowest BCUT2D eigenvalue weighted by molar-refractivity contribution is -0.142. The van der Waals surface area contributed by atoms with Crippen LogP contribution in [0, 0.1) is 0 Å². The number of para-hydroxylation sites is 1. The van der Waals surface area contributed by atoms with Gasteiger partial charge in [-0.1, -0.05) is 23.5 Å². The van der Waals surface area contributed by atoms with Crippen molar-refractivity contribution in [3.05, 3.63) is 48.0 Å². The highest BCUT2D eigenvalue weighted by molar-refractivity contribution is 7.22. The summed E-state index contributed by atoms with van der Waals surface area (Å²) >= 11 is 1.42. The topological polar surface area (TPSA) is 87.2 Å². The third-order valence-corrected chi connectivity index (χ3v) is 5.63. The van der Waals surface area contributed by atoms with Gasteiger partial charge < -0.3 is 18.9 Å². The number of nitrogens with zero attached hydrogens (tertiary/aromatic N) is 2. The molecule has 3 aromatic rings. The lowest BCUT2D eigenvalue weighted by Crippen LogP contribution is -2.34. The Balaban J connectivity index is 1.64. The second-order valence-corrected chi connectivity index (χ2v) is 7.51. The van der Waals surface area contributed by atoms with Crippen LogP contribution in [0.1, 0.15) is 12.5 Å². The SMILES string of the molecule is CCN(C(=O)COC(=O)/C=C/c1cc(OC)c(OC)c(OC)c1)c1nc2ccccc2s1. The molecule has 3 rings (SSSR count). The molecule has 0 N–H and O–H groups in total. The van der Waals surface area contributed by atoms with E-state index < -0.39 is 5.97 Å². The molecule has 1 heterocycles. The van der Waals surface area contributed by atoms with Gasteiger partial charge in [-0.25, -0.2) is 9.78 Å². The van der Waals surface area contributed by atoms with Crippen LogP contribution in [0.5, 0.6) is 17.2 Å². The maximum atomic E-state index is 12.6. The average molecular weight is 457 g/mol. The minimum Gasteiger partial charge on any atom is -0.493 e. The molecule has 0 atom stereocenters. The minimum atomic E-state index is -0.646. The lowest BCUT2D eigenvalue weighted by Gasteiger charge is -2.17. The van der Waals surface area contributed by atoms with E-state index in [0.717, 1.165) is 10.2 Å². The van der Waals surface area contributed by atoms with Crippen molar-refractivity contribution >= 4 is 44.6 Å². The third kappa shape index (κ3) is 5.17. The van der Waals surface area contributed by atoms with Crippen molar-refractivity contribution in [1.29, 1.82) is 0 Å². The van der Waals surface area contributed by atoms with Gasteiger partial charge in [0.1, 0.15) is 0 Å². The minimum absolute atomic E-state index is 0.346. The van der Waals surface area contributed by atoms with Crippen molar-refractivity contribution in [3.63, 3.8) is 0 Å². The van der Waals surface area contributed by atoms with E-state index in [1.807, 2.05) is 31.2 Å². The number of carbonyl (C=O) groups is 2. The van der Waals surface area contributed by atoms with E-state index in [1.165, 1.54) is 43.6 Å². The summed E-state index contributed by atoms with van der Waals surface area (Å²) in [6.07, 6.45) is 2.78. The van der Waals surface area contributed by atoms with Crippen LogP contribution in [0.15, 0.2) is 42.5 Å². The second kappa shape index (κ2) is 10.6. The summed E-state index contributed by atoms with van der Waals surface area (Å²) < 4.78 is 22.0. The van der Waals surface area contributed by atoms with E-state index in [-0.39, 0.29) is 12.5 Å². The van der Waals surface area contributed by atoms with E-state index in [1.54, 1.807) is 18.2 Å². The number of thiazole rings is 1. The monoisotopic (exact) mass is 456 g/mol. The van der Waals surface area contributed by atoms with Gasteiger partial charge in [0, 0.05) is 12.6 Å². The molecule has 0 spiro atoms. The maximum Gasteiger partial charge on any atom is 0.331 e. The smallest absolute Gasteiger partial charge is 0.331 e. The Morgan fingerprint density at radius 2 is 1.75 bits per heavy atom. The molecule has 0 saturated carbocycles. The van der Waals surface area contributed by atoms with Crippen LogP contribution in [0.4, 0.5) is 5.13 Å². The molecule has 0 unspecified atom stereocenters. The van der Waals surface area contributed by atoms with E-state index in [4.69, 9.17) is 18.9 Å². The molecule has 8 nitrogen and oxygen atoms in total. The predicted octanol–water partition coefficient (Wildman–Crippen LogP) is 3.93. The number of rotatable bonds is 9. The number of hydrogen-bond acceptors (Lipinski definition) is 8. The number of benzene rings is 2. The van der Waals surface area contributed by atoms with Gasteiger partial charge in [0.2, 0.25) is 5.75 Å². The summed E-state index contributed by atoms with van der Waals surface area (Å²) in [6, 6.07) is 11.0. The average Bonchev–Trinajstić information content (AvgIpc) is 3.24.